The number of carbonyl (C=O) groups is 1. The summed E-state index contributed by atoms with van der Waals surface area (Å²) in [5.41, 5.74) is 7.01. The van der Waals surface area contributed by atoms with Crippen LogP contribution in [0.1, 0.15) is 21.6 Å². The van der Waals surface area contributed by atoms with E-state index in [4.69, 9.17) is 17.3 Å². The minimum absolute atomic E-state index is 0.191. The molecule has 5 heteroatoms. The van der Waals surface area contributed by atoms with Gasteiger partial charge in [0, 0.05) is 12.4 Å². The van der Waals surface area contributed by atoms with Crippen molar-refractivity contribution in [1.29, 1.82) is 0 Å². The second-order valence-electron chi connectivity index (χ2n) is 3.55. The molecule has 2 rings (SSSR count). The number of anilines is 1. The zero-order valence-corrected chi connectivity index (χ0v) is 9.90. The molecular formula is C12H10ClN3O. The highest BCUT2D eigenvalue weighted by Gasteiger charge is 2.19. The topological polar surface area (TPSA) is 68.9 Å². The number of nitrogens with zero attached hydrogens (tertiary/aromatic N) is 2. The number of pyridine rings is 2. The predicted octanol–water partition coefficient (Wildman–Crippen LogP) is 2.25. The fourth-order valence-corrected chi connectivity index (χ4v) is 1.75. The van der Waals surface area contributed by atoms with Gasteiger partial charge in [-0.15, -0.1) is 0 Å². The maximum Gasteiger partial charge on any atom is 0.216 e. The minimum Gasteiger partial charge on any atom is -0.383 e. The maximum absolute atomic E-state index is 12.2. The molecule has 0 aromatic carbocycles. The molecule has 86 valence electrons. The van der Waals surface area contributed by atoms with E-state index in [-0.39, 0.29) is 17.3 Å². The molecule has 0 saturated carbocycles. The maximum atomic E-state index is 12.2. The fraction of sp³-hybridized carbons (Fsp3) is 0.0833. The highest BCUT2D eigenvalue weighted by molar-refractivity contribution is 6.34. The van der Waals surface area contributed by atoms with Gasteiger partial charge in [0.05, 0.1) is 10.6 Å². The molecule has 0 spiro atoms. The Kier molecular flexibility index (Phi) is 3.06. The Morgan fingerprint density at radius 3 is 2.71 bits per heavy atom. The van der Waals surface area contributed by atoms with Crippen molar-refractivity contribution in [3.8, 4) is 0 Å². The summed E-state index contributed by atoms with van der Waals surface area (Å²) in [5.74, 6) is -0.115. The van der Waals surface area contributed by atoms with E-state index in [1.54, 1.807) is 31.3 Å². The van der Waals surface area contributed by atoms with Crippen molar-refractivity contribution < 1.29 is 4.79 Å². The summed E-state index contributed by atoms with van der Waals surface area (Å²) in [7, 11) is 0. The Hall–Kier alpha value is -1.94. The number of nitrogen functional groups attached to an aromatic ring is 1. The van der Waals surface area contributed by atoms with Gasteiger partial charge >= 0.3 is 0 Å². The standard InChI is InChI=1S/C12H10ClN3O/c1-7-4-6-16-12(14)9(7)11(17)10-8(13)3-2-5-15-10/h2-6H,1H3,(H2,14,16). The van der Waals surface area contributed by atoms with Crippen LogP contribution in [0, 0.1) is 6.92 Å². The van der Waals surface area contributed by atoms with Crippen LogP contribution < -0.4 is 5.73 Å². The first-order chi connectivity index (χ1) is 8.11. The van der Waals surface area contributed by atoms with E-state index < -0.39 is 0 Å². The first-order valence-corrected chi connectivity index (χ1v) is 5.35. The quantitative estimate of drug-likeness (QED) is 0.827. The van der Waals surface area contributed by atoms with E-state index in [0.29, 0.717) is 10.6 Å². The molecule has 0 aliphatic carbocycles. The molecule has 0 saturated heterocycles. The molecule has 0 atom stereocenters. The predicted molar refractivity (Wildman–Crippen MR) is 66.1 cm³/mol. The van der Waals surface area contributed by atoms with Gasteiger partial charge in [-0.3, -0.25) is 9.78 Å². The van der Waals surface area contributed by atoms with Gasteiger partial charge in [-0.2, -0.15) is 0 Å². The number of hydrogen-bond acceptors (Lipinski definition) is 4. The summed E-state index contributed by atoms with van der Waals surface area (Å²) in [5, 5.41) is 0.306. The third kappa shape index (κ3) is 2.12. The fourth-order valence-electron chi connectivity index (χ4n) is 1.55. The number of aryl methyl sites for hydroxylation is 1. The van der Waals surface area contributed by atoms with Gasteiger partial charge in [-0.1, -0.05) is 11.6 Å². The molecule has 2 N–H and O–H groups in total. The third-order valence-corrected chi connectivity index (χ3v) is 2.69. The normalized spacial score (nSPS) is 10.2. The van der Waals surface area contributed by atoms with E-state index in [9.17, 15) is 4.79 Å². The number of rotatable bonds is 2. The van der Waals surface area contributed by atoms with Crippen molar-refractivity contribution in [1.82, 2.24) is 9.97 Å². The summed E-state index contributed by atoms with van der Waals surface area (Å²) in [6.07, 6.45) is 3.07. The number of ketones is 1. The zero-order valence-electron chi connectivity index (χ0n) is 9.14. The van der Waals surface area contributed by atoms with E-state index in [2.05, 4.69) is 9.97 Å². The Labute approximate surface area is 103 Å². The van der Waals surface area contributed by atoms with Crippen LogP contribution in [0.15, 0.2) is 30.6 Å². The average molecular weight is 248 g/mol. The van der Waals surface area contributed by atoms with Crippen LogP contribution in [-0.2, 0) is 0 Å². The van der Waals surface area contributed by atoms with Gasteiger partial charge in [-0.05, 0) is 30.7 Å². The van der Waals surface area contributed by atoms with Crippen molar-refractivity contribution in [2.24, 2.45) is 0 Å². The van der Waals surface area contributed by atoms with Crippen molar-refractivity contribution >= 4 is 23.2 Å². The number of aromatic nitrogens is 2. The molecule has 2 aromatic heterocycles. The second kappa shape index (κ2) is 4.51. The summed E-state index contributed by atoms with van der Waals surface area (Å²) >= 11 is 5.93. The van der Waals surface area contributed by atoms with Crippen LogP contribution in [-0.4, -0.2) is 15.8 Å². The van der Waals surface area contributed by atoms with Crippen LogP contribution in [0.25, 0.3) is 0 Å². The lowest BCUT2D eigenvalue weighted by atomic mass is 10.0. The summed E-state index contributed by atoms with van der Waals surface area (Å²) in [6.45, 7) is 1.79. The molecule has 0 aliphatic heterocycles. The smallest absolute Gasteiger partial charge is 0.216 e. The molecule has 0 amide bonds. The van der Waals surface area contributed by atoms with Gasteiger partial charge in [0.15, 0.2) is 0 Å². The zero-order chi connectivity index (χ0) is 12.4. The van der Waals surface area contributed by atoms with Gasteiger partial charge < -0.3 is 5.73 Å². The van der Waals surface area contributed by atoms with Crippen LogP contribution in [0.5, 0.6) is 0 Å². The molecule has 0 fully saturated rings. The largest absolute Gasteiger partial charge is 0.383 e. The minimum atomic E-state index is -0.307. The second-order valence-corrected chi connectivity index (χ2v) is 3.96. The molecule has 0 radical (unpaired) electrons. The average Bonchev–Trinajstić information content (AvgIpc) is 2.29. The first kappa shape index (κ1) is 11.5. The Bertz CT molecular complexity index is 563. The summed E-state index contributed by atoms with van der Waals surface area (Å²) in [6, 6.07) is 5.00. The van der Waals surface area contributed by atoms with E-state index in [0.717, 1.165) is 5.56 Å². The molecular weight excluding hydrogens is 238 g/mol. The highest BCUT2D eigenvalue weighted by Crippen LogP contribution is 2.21. The molecule has 0 unspecified atom stereocenters. The van der Waals surface area contributed by atoms with Gasteiger partial charge in [0.2, 0.25) is 5.78 Å². The van der Waals surface area contributed by atoms with Gasteiger partial charge in [-0.25, -0.2) is 4.98 Å². The summed E-state index contributed by atoms with van der Waals surface area (Å²) < 4.78 is 0. The Morgan fingerprint density at radius 2 is 2.06 bits per heavy atom. The lowest BCUT2D eigenvalue weighted by molar-refractivity contribution is 0.103. The van der Waals surface area contributed by atoms with Crippen molar-refractivity contribution in [2.45, 2.75) is 6.92 Å². The van der Waals surface area contributed by atoms with Crippen LogP contribution in [0.4, 0.5) is 5.82 Å². The number of carbonyl (C=O) groups excluding carboxylic acids is 1. The van der Waals surface area contributed by atoms with Crippen LogP contribution >= 0.6 is 11.6 Å². The molecule has 4 nitrogen and oxygen atoms in total. The number of nitrogens with two attached hydrogens (primary N) is 1. The number of hydrogen-bond donors (Lipinski definition) is 1. The lowest BCUT2D eigenvalue weighted by Crippen LogP contribution is -2.11. The summed E-state index contributed by atoms with van der Waals surface area (Å²) in [4.78, 5) is 20.1. The van der Waals surface area contributed by atoms with Crippen molar-refractivity contribution in [3.05, 3.63) is 52.4 Å². The van der Waals surface area contributed by atoms with E-state index in [1.165, 1.54) is 6.20 Å². The van der Waals surface area contributed by atoms with Gasteiger partial charge in [0.1, 0.15) is 11.5 Å². The SMILES string of the molecule is Cc1ccnc(N)c1C(=O)c1ncccc1Cl. The van der Waals surface area contributed by atoms with Crippen LogP contribution in [0.2, 0.25) is 5.02 Å². The highest BCUT2D eigenvalue weighted by atomic mass is 35.5. The Balaban J connectivity index is 2.56. The first-order valence-electron chi connectivity index (χ1n) is 4.97. The third-order valence-electron chi connectivity index (χ3n) is 2.39. The molecule has 0 aliphatic rings. The van der Waals surface area contributed by atoms with Crippen LogP contribution in [0.3, 0.4) is 0 Å². The Morgan fingerprint density at radius 1 is 1.29 bits per heavy atom. The molecule has 2 aromatic rings. The van der Waals surface area contributed by atoms with Gasteiger partial charge in [0.25, 0.3) is 0 Å². The molecule has 0 bridgehead atoms. The van der Waals surface area contributed by atoms with Crippen molar-refractivity contribution in [3.63, 3.8) is 0 Å². The number of halogens is 1. The lowest BCUT2D eigenvalue weighted by Gasteiger charge is -2.07. The van der Waals surface area contributed by atoms with Crippen molar-refractivity contribution in [2.75, 3.05) is 5.73 Å². The molecule has 17 heavy (non-hydrogen) atoms. The van der Waals surface area contributed by atoms with E-state index >= 15 is 0 Å². The monoisotopic (exact) mass is 247 g/mol. The molecule has 2 heterocycles. The van der Waals surface area contributed by atoms with E-state index in [1.807, 2.05) is 0 Å².